The molecule has 260 valence electrons. The van der Waals surface area contributed by atoms with Crippen LogP contribution in [0.5, 0.6) is 11.5 Å². The van der Waals surface area contributed by atoms with E-state index >= 15 is 0 Å². The predicted octanol–water partition coefficient (Wildman–Crippen LogP) is 5.46. The van der Waals surface area contributed by atoms with Crippen molar-refractivity contribution in [3.63, 3.8) is 0 Å². The number of imidazole rings is 1. The van der Waals surface area contributed by atoms with Crippen molar-refractivity contribution in [3.8, 4) is 11.5 Å². The van der Waals surface area contributed by atoms with Gasteiger partial charge in [-0.1, -0.05) is 84.9 Å². The molecule has 11 nitrogen and oxygen atoms in total. The number of nitrogens with two attached hydrogens (primary N) is 1. The van der Waals surface area contributed by atoms with E-state index in [0.717, 1.165) is 16.7 Å². The molecule has 3 N–H and O–H groups in total. The molecular formula is C39H37N5O6S. The van der Waals surface area contributed by atoms with Crippen LogP contribution in [0.1, 0.15) is 27.0 Å². The fourth-order valence-corrected chi connectivity index (χ4v) is 7.94. The Bertz CT molecular complexity index is 2070. The third kappa shape index (κ3) is 5.79. The maximum Gasteiger partial charge on any atom is 0.227 e. The fraction of sp³-hybridized carbons (Fsp3) is 0.231. The van der Waals surface area contributed by atoms with Crippen molar-refractivity contribution >= 4 is 34.5 Å². The number of Topliss-reactive ketones (excluding diaryl/α,β-unsaturated/α-hetero) is 1. The Labute approximate surface area is 299 Å². The van der Waals surface area contributed by atoms with Crippen molar-refractivity contribution in [1.82, 2.24) is 19.5 Å². The molecule has 1 aliphatic rings. The van der Waals surface area contributed by atoms with Gasteiger partial charge in [-0.25, -0.2) is 15.0 Å². The van der Waals surface area contributed by atoms with Gasteiger partial charge in [-0.15, -0.1) is 0 Å². The third-order valence-corrected chi connectivity index (χ3v) is 10.5. The number of nitrogen functional groups attached to an aromatic ring is 1. The summed E-state index contributed by atoms with van der Waals surface area (Å²) in [5.74, 6) is 1.16. The summed E-state index contributed by atoms with van der Waals surface area (Å²) in [6.07, 6.45) is 2.47. The van der Waals surface area contributed by atoms with Crippen molar-refractivity contribution in [3.05, 3.63) is 144 Å². The monoisotopic (exact) mass is 703 g/mol. The molecule has 4 aromatic carbocycles. The van der Waals surface area contributed by atoms with Gasteiger partial charge in [-0.05, 0) is 47.2 Å². The van der Waals surface area contributed by atoms with E-state index in [1.54, 1.807) is 43.1 Å². The number of nitrogens with zero attached hydrogens (tertiary/aromatic N) is 4. The number of ketones is 1. The number of ether oxygens (including phenoxy) is 4. The van der Waals surface area contributed by atoms with E-state index in [-0.39, 0.29) is 18.2 Å². The molecule has 0 unspecified atom stereocenters. The molecule has 6 aromatic rings. The van der Waals surface area contributed by atoms with Crippen LogP contribution >= 0.6 is 11.8 Å². The quantitative estimate of drug-likeness (QED) is 0.124. The molecule has 51 heavy (non-hydrogen) atoms. The average Bonchev–Trinajstić information content (AvgIpc) is 3.75. The van der Waals surface area contributed by atoms with E-state index in [1.807, 2.05) is 91.2 Å². The number of rotatable bonds is 12. The highest BCUT2D eigenvalue weighted by Gasteiger charge is 2.61. The first kappa shape index (κ1) is 34.2. The van der Waals surface area contributed by atoms with Gasteiger partial charge in [0.05, 0.1) is 38.5 Å². The molecule has 0 aliphatic carbocycles. The van der Waals surface area contributed by atoms with Crippen molar-refractivity contribution in [2.24, 2.45) is 0 Å². The van der Waals surface area contributed by atoms with Crippen LogP contribution in [0.25, 0.3) is 11.2 Å². The van der Waals surface area contributed by atoms with Gasteiger partial charge in [0.2, 0.25) is 11.5 Å². The number of hydrogen-bond acceptors (Lipinski definition) is 11. The average molecular weight is 704 g/mol. The number of carbonyl (C=O) groups excluding carboxylic acids is 1. The SMILES string of the molecule is COc1ccc(C(OC[C@H]2O[C@@](C(=O)c3ccccc3)(n3cnc4c(N)ncnc43)[C@H](SC)[C@@H]2O)(c2ccccc2)c2ccc(OC)cc2)cc1. The molecule has 3 heterocycles. The number of aromatic nitrogens is 4. The second-order valence-electron chi connectivity index (χ2n) is 12.1. The number of benzene rings is 4. The number of methoxy groups -OCH3 is 2. The van der Waals surface area contributed by atoms with Crippen LogP contribution in [0.2, 0.25) is 0 Å². The largest absolute Gasteiger partial charge is 0.497 e. The second-order valence-corrected chi connectivity index (χ2v) is 13.0. The summed E-state index contributed by atoms with van der Waals surface area (Å²) in [4.78, 5) is 27.8. The number of anilines is 1. The van der Waals surface area contributed by atoms with Crippen LogP contribution in [0.15, 0.2) is 122 Å². The maximum absolute atomic E-state index is 14.8. The topological polar surface area (TPSA) is 144 Å². The van der Waals surface area contributed by atoms with E-state index < -0.39 is 28.8 Å². The highest BCUT2D eigenvalue weighted by molar-refractivity contribution is 7.99. The lowest BCUT2D eigenvalue weighted by Crippen LogP contribution is -2.50. The maximum atomic E-state index is 14.8. The van der Waals surface area contributed by atoms with Crippen LogP contribution in [-0.4, -0.2) is 74.9 Å². The van der Waals surface area contributed by atoms with Gasteiger partial charge in [-0.2, -0.15) is 11.8 Å². The lowest BCUT2D eigenvalue weighted by Gasteiger charge is -2.37. The van der Waals surface area contributed by atoms with Gasteiger partial charge in [0.25, 0.3) is 0 Å². The van der Waals surface area contributed by atoms with Crippen molar-refractivity contribution in [1.29, 1.82) is 0 Å². The van der Waals surface area contributed by atoms with E-state index in [0.29, 0.717) is 28.2 Å². The molecule has 0 radical (unpaired) electrons. The summed E-state index contributed by atoms with van der Waals surface area (Å²) in [5, 5.41) is 11.3. The number of aliphatic hydroxyl groups is 1. The zero-order chi connectivity index (χ0) is 35.6. The summed E-state index contributed by atoms with van der Waals surface area (Å²) < 4.78 is 26.6. The van der Waals surface area contributed by atoms with Gasteiger partial charge in [0.1, 0.15) is 35.0 Å². The number of aliphatic hydroxyl groups excluding tert-OH is 1. The first-order valence-electron chi connectivity index (χ1n) is 16.3. The summed E-state index contributed by atoms with van der Waals surface area (Å²) in [7, 11) is 3.24. The predicted molar refractivity (Wildman–Crippen MR) is 195 cm³/mol. The van der Waals surface area contributed by atoms with E-state index in [9.17, 15) is 9.90 Å². The molecule has 1 fully saturated rings. The molecule has 2 aromatic heterocycles. The standard InChI is InChI=1S/C39H37N5O6S/c1-47-29-18-14-27(15-19-29)38(26-12-8-5-9-13-26,28-16-20-30(48-2)21-17-28)49-22-31-33(45)35(51-3)39(50-31,34(46)25-10-6-4-7-11-25)44-24-43-32-36(40)41-23-42-37(32)44/h4-21,23-24,31,33,35,45H,22H2,1-3H3,(H2,40,41,42)/t31-,33-,35-,39-/m1/s1. The first-order chi connectivity index (χ1) is 24.9. The number of hydrogen-bond donors (Lipinski definition) is 2. The molecule has 7 rings (SSSR count). The Morgan fingerprint density at radius 1 is 0.863 bits per heavy atom. The minimum atomic E-state index is -1.78. The van der Waals surface area contributed by atoms with E-state index in [1.165, 1.54) is 24.4 Å². The Hall–Kier alpha value is -5.27. The minimum absolute atomic E-state index is 0.112. The van der Waals surface area contributed by atoms with Crippen molar-refractivity contribution < 1.29 is 28.8 Å². The molecule has 12 heteroatoms. The zero-order valence-electron chi connectivity index (χ0n) is 28.2. The van der Waals surface area contributed by atoms with Gasteiger partial charge in [0.15, 0.2) is 11.5 Å². The normalized spacial score (nSPS) is 20.4. The second kappa shape index (κ2) is 14.2. The summed E-state index contributed by atoms with van der Waals surface area (Å²) in [6.45, 7) is -0.112. The smallest absolute Gasteiger partial charge is 0.227 e. The summed E-state index contributed by atoms with van der Waals surface area (Å²) in [5.41, 5.74) is 6.69. The van der Waals surface area contributed by atoms with Crippen LogP contribution in [0, 0.1) is 0 Å². The van der Waals surface area contributed by atoms with Crippen molar-refractivity contribution in [2.45, 2.75) is 28.8 Å². The first-order valence-corrected chi connectivity index (χ1v) is 17.6. The summed E-state index contributed by atoms with van der Waals surface area (Å²) in [6, 6.07) is 34.0. The molecule has 4 atom stereocenters. The number of carbonyl (C=O) groups is 1. The molecule has 0 saturated carbocycles. The molecule has 0 amide bonds. The van der Waals surface area contributed by atoms with Crippen LogP contribution in [0.4, 0.5) is 5.82 Å². The Balaban J connectivity index is 1.37. The molecule has 0 bridgehead atoms. The number of fused-ring (bicyclic) bond motifs is 1. The van der Waals surface area contributed by atoms with E-state index in [4.69, 9.17) is 24.7 Å². The van der Waals surface area contributed by atoms with Crippen molar-refractivity contribution in [2.75, 3.05) is 32.8 Å². The summed E-state index contributed by atoms with van der Waals surface area (Å²) >= 11 is 1.31. The van der Waals surface area contributed by atoms with Crippen LogP contribution < -0.4 is 15.2 Å². The van der Waals surface area contributed by atoms with E-state index in [2.05, 4.69) is 15.0 Å². The van der Waals surface area contributed by atoms with Gasteiger partial charge < -0.3 is 29.8 Å². The lowest BCUT2D eigenvalue weighted by molar-refractivity contribution is -0.119. The Kier molecular flexibility index (Phi) is 9.49. The fourth-order valence-electron chi connectivity index (χ4n) is 6.89. The highest BCUT2D eigenvalue weighted by atomic mass is 32.2. The Morgan fingerprint density at radius 2 is 1.43 bits per heavy atom. The lowest BCUT2D eigenvalue weighted by atomic mass is 9.80. The van der Waals surface area contributed by atoms with Gasteiger partial charge >= 0.3 is 0 Å². The third-order valence-electron chi connectivity index (χ3n) is 9.38. The highest BCUT2D eigenvalue weighted by Crippen LogP contribution is 2.47. The number of thioether (sulfide) groups is 1. The van der Waals surface area contributed by atoms with Gasteiger partial charge in [-0.3, -0.25) is 9.36 Å². The van der Waals surface area contributed by atoms with Crippen LogP contribution in [0.3, 0.4) is 0 Å². The zero-order valence-corrected chi connectivity index (χ0v) is 29.1. The molecule has 1 saturated heterocycles. The Morgan fingerprint density at radius 3 is 2.00 bits per heavy atom. The minimum Gasteiger partial charge on any atom is -0.497 e. The van der Waals surface area contributed by atoms with Gasteiger partial charge in [0, 0.05) is 5.56 Å². The molecular weight excluding hydrogens is 667 g/mol. The molecule has 1 aliphatic heterocycles. The molecule has 0 spiro atoms. The van der Waals surface area contributed by atoms with Crippen LogP contribution in [-0.2, 0) is 20.8 Å².